The molecule has 0 fully saturated rings. The fourth-order valence-electron chi connectivity index (χ4n) is 3.47. The van der Waals surface area contributed by atoms with E-state index in [9.17, 15) is 4.79 Å². The van der Waals surface area contributed by atoms with E-state index in [1.54, 1.807) is 11.3 Å². The second kappa shape index (κ2) is 9.58. The first kappa shape index (κ1) is 20.8. The minimum Gasteiger partial charge on any atom is -0.490 e. The van der Waals surface area contributed by atoms with Crippen LogP contribution in [0.2, 0.25) is 0 Å². The van der Waals surface area contributed by atoms with Gasteiger partial charge in [0.05, 0.1) is 18.1 Å². The second-order valence-corrected chi connectivity index (χ2v) is 8.97. The standard InChI is InChI=1S/C24H25NO3S2/c1-3-27-19-10-9-16(13-20(19)28-4-2)11-12-25-24(26)22-14-17-15-29-21-8-6-5-7-18(21)23(17)30-22/h5-10,13-14H,3-4,11-12,15H2,1-2H3,(H,25,26). The average Bonchev–Trinajstić information content (AvgIpc) is 3.21. The number of amides is 1. The Bertz CT molecular complexity index is 1040. The molecule has 0 spiro atoms. The van der Waals surface area contributed by atoms with Crippen molar-refractivity contribution in [2.45, 2.75) is 30.9 Å². The molecule has 0 bridgehead atoms. The van der Waals surface area contributed by atoms with Gasteiger partial charge in [-0.05, 0) is 55.7 Å². The number of hydrogen-bond donors (Lipinski definition) is 1. The fourth-order valence-corrected chi connectivity index (χ4v) is 5.80. The van der Waals surface area contributed by atoms with Crippen molar-refractivity contribution in [2.75, 3.05) is 19.8 Å². The highest BCUT2D eigenvalue weighted by molar-refractivity contribution is 7.98. The van der Waals surface area contributed by atoms with Gasteiger partial charge in [-0.25, -0.2) is 0 Å². The lowest BCUT2D eigenvalue weighted by molar-refractivity contribution is 0.0958. The predicted molar refractivity (Wildman–Crippen MR) is 124 cm³/mol. The van der Waals surface area contributed by atoms with Gasteiger partial charge in [-0.15, -0.1) is 23.1 Å². The Kier molecular flexibility index (Phi) is 6.65. The number of fused-ring (bicyclic) bond motifs is 3. The summed E-state index contributed by atoms with van der Waals surface area (Å²) >= 11 is 3.42. The Labute approximate surface area is 185 Å². The van der Waals surface area contributed by atoms with Crippen LogP contribution in [0, 0.1) is 0 Å². The Balaban J connectivity index is 1.39. The summed E-state index contributed by atoms with van der Waals surface area (Å²) in [6.07, 6.45) is 0.738. The molecule has 2 heterocycles. The largest absolute Gasteiger partial charge is 0.490 e. The molecular weight excluding hydrogens is 414 g/mol. The number of carbonyl (C=O) groups is 1. The first-order valence-electron chi connectivity index (χ1n) is 10.2. The lowest BCUT2D eigenvalue weighted by atomic mass is 10.1. The summed E-state index contributed by atoms with van der Waals surface area (Å²) < 4.78 is 11.3. The summed E-state index contributed by atoms with van der Waals surface area (Å²) in [7, 11) is 0. The van der Waals surface area contributed by atoms with E-state index in [-0.39, 0.29) is 5.91 Å². The molecule has 2 aromatic carbocycles. The zero-order valence-electron chi connectivity index (χ0n) is 17.2. The van der Waals surface area contributed by atoms with E-state index < -0.39 is 0 Å². The fraction of sp³-hybridized carbons (Fsp3) is 0.292. The SMILES string of the molecule is CCOc1ccc(CCNC(=O)c2cc3c(s2)-c2ccccc2SC3)cc1OCC. The van der Waals surface area contributed by atoms with Crippen LogP contribution in [0.4, 0.5) is 0 Å². The maximum atomic E-state index is 12.7. The molecule has 0 saturated carbocycles. The first-order chi connectivity index (χ1) is 14.7. The number of thioether (sulfide) groups is 1. The van der Waals surface area contributed by atoms with Gasteiger partial charge in [-0.3, -0.25) is 4.79 Å². The number of hydrogen-bond acceptors (Lipinski definition) is 5. The molecule has 4 nitrogen and oxygen atoms in total. The summed E-state index contributed by atoms with van der Waals surface area (Å²) in [6, 6.07) is 16.4. The number of ether oxygens (including phenoxy) is 2. The molecule has 1 aromatic heterocycles. The number of carbonyl (C=O) groups excluding carboxylic acids is 1. The molecule has 0 saturated heterocycles. The third-order valence-electron chi connectivity index (χ3n) is 4.85. The van der Waals surface area contributed by atoms with Crippen LogP contribution >= 0.6 is 23.1 Å². The number of benzene rings is 2. The monoisotopic (exact) mass is 439 g/mol. The molecule has 1 aliphatic heterocycles. The maximum Gasteiger partial charge on any atom is 0.261 e. The maximum absolute atomic E-state index is 12.7. The molecular formula is C24H25NO3S2. The Morgan fingerprint density at radius 1 is 1.03 bits per heavy atom. The van der Waals surface area contributed by atoms with Crippen molar-refractivity contribution < 1.29 is 14.3 Å². The highest BCUT2D eigenvalue weighted by atomic mass is 32.2. The summed E-state index contributed by atoms with van der Waals surface area (Å²) in [5.41, 5.74) is 3.60. The minimum absolute atomic E-state index is 0.00662. The van der Waals surface area contributed by atoms with E-state index in [0.717, 1.165) is 34.1 Å². The Hall–Kier alpha value is -2.44. The van der Waals surface area contributed by atoms with Gasteiger partial charge in [0.25, 0.3) is 5.91 Å². The summed E-state index contributed by atoms with van der Waals surface area (Å²) in [5, 5.41) is 3.06. The van der Waals surface area contributed by atoms with E-state index in [0.29, 0.717) is 19.8 Å². The molecule has 30 heavy (non-hydrogen) atoms. The summed E-state index contributed by atoms with van der Waals surface area (Å²) in [5.74, 6) is 2.43. The summed E-state index contributed by atoms with van der Waals surface area (Å²) in [6.45, 7) is 5.68. The minimum atomic E-state index is -0.00662. The summed E-state index contributed by atoms with van der Waals surface area (Å²) in [4.78, 5) is 16.0. The van der Waals surface area contributed by atoms with Crippen molar-refractivity contribution in [1.29, 1.82) is 0 Å². The van der Waals surface area contributed by atoms with Crippen LogP contribution in [0.15, 0.2) is 53.4 Å². The van der Waals surface area contributed by atoms with E-state index in [4.69, 9.17) is 9.47 Å². The van der Waals surface area contributed by atoms with Crippen LogP contribution in [-0.4, -0.2) is 25.7 Å². The van der Waals surface area contributed by atoms with Gasteiger partial charge in [0, 0.05) is 27.6 Å². The van der Waals surface area contributed by atoms with Crippen LogP contribution in [0.25, 0.3) is 10.4 Å². The Morgan fingerprint density at radius 2 is 1.83 bits per heavy atom. The molecule has 156 valence electrons. The van der Waals surface area contributed by atoms with Gasteiger partial charge in [0.2, 0.25) is 0 Å². The van der Waals surface area contributed by atoms with E-state index in [1.165, 1.54) is 20.9 Å². The van der Waals surface area contributed by atoms with Gasteiger partial charge >= 0.3 is 0 Å². The van der Waals surface area contributed by atoms with E-state index in [2.05, 4.69) is 29.6 Å². The Morgan fingerprint density at radius 3 is 2.67 bits per heavy atom. The van der Waals surface area contributed by atoms with Gasteiger partial charge < -0.3 is 14.8 Å². The van der Waals surface area contributed by atoms with Crippen molar-refractivity contribution in [3.63, 3.8) is 0 Å². The van der Waals surface area contributed by atoms with Gasteiger partial charge in [0.15, 0.2) is 11.5 Å². The lowest BCUT2D eigenvalue weighted by Gasteiger charge is -2.14. The zero-order valence-corrected chi connectivity index (χ0v) is 18.8. The second-order valence-electron chi connectivity index (χ2n) is 6.90. The third kappa shape index (κ3) is 4.50. The molecule has 0 unspecified atom stereocenters. The zero-order chi connectivity index (χ0) is 20.9. The molecule has 6 heteroatoms. The quantitative estimate of drug-likeness (QED) is 0.483. The van der Waals surface area contributed by atoms with Crippen molar-refractivity contribution in [3.05, 3.63) is 64.5 Å². The van der Waals surface area contributed by atoms with Crippen LogP contribution in [0.5, 0.6) is 11.5 Å². The molecule has 1 N–H and O–H groups in total. The topological polar surface area (TPSA) is 47.6 Å². The molecule has 1 aliphatic rings. The smallest absolute Gasteiger partial charge is 0.261 e. The van der Waals surface area contributed by atoms with Gasteiger partial charge in [-0.1, -0.05) is 24.3 Å². The molecule has 1 amide bonds. The van der Waals surface area contributed by atoms with Crippen LogP contribution in [0.1, 0.15) is 34.6 Å². The van der Waals surface area contributed by atoms with Crippen molar-refractivity contribution >= 4 is 29.0 Å². The molecule has 0 aliphatic carbocycles. The number of thiophene rings is 1. The van der Waals surface area contributed by atoms with Crippen LogP contribution < -0.4 is 14.8 Å². The van der Waals surface area contributed by atoms with Crippen molar-refractivity contribution in [3.8, 4) is 21.9 Å². The number of rotatable bonds is 8. The molecule has 0 radical (unpaired) electrons. The highest BCUT2D eigenvalue weighted by Crippen LogP contribution is 2.45. The van der Waals surface area contributed by atoms with Gasteiger partial charge in [-0.2, -0.15) is 0 Å². The van der Waals surface area contributed by atoms with Crippen LogP contribution in [0.3, 0.4) is 0 Å². The van der Waals surface area contributed by atoms with E-state index in [1.807, 2.05) is 49.9 Å². The average molecular weight is 440 g/mol. The number of nitrogens with one attached hydrogen (secondary N) is 1. The van der Waals surface area contributed by atoms with Crippen molar-refractivity contribution in [1.82, 2.24) is 5.32 Å². The van der Waals surface area contributed by atoms with E-state index >= 15 is 0 Å². The molecule has 3 aromatic rings. The predicted octanol–water partition coefficient (Wildman–Crippen LogP) is 5.79. The highest BCUT2D eigenvalue weighted by Gasteiger charge is 2.21. The van der Waals surface area contributed by atoms with Gasteiger partial charge in [0.1, 0.15) is 0 Å². The molecule has 4 rings (SSSR count). The molecule has 0 atom stereocenters. The van der Waals surface area contributed by atoms with Crippen molar-refractivity contribution in [2.24, 2.45) is 0 Å². The normalized spacial score (nSPS) is 12.1. The lowest BCUT2D eigenvalue weighted by Crippen LogP contribution is -2.24. The first-order valence-corrected chi connectivity index (χ1v) is 12.0. The van der Waals surface area contributed by atoms with Crippen LogP contribution in [-0.2, 0) is 12.2 Å². The third-order valence-corrected chi connectivity index (χ3v) is 7.19.